The second-order valence-electron chi connectivity index (χ2n) is 7.36. The molecule has 0 aromatic heterocycles. The molecule has 1 aliphatic heterocycles. The first-order valence-corrected chi connectivity index (χ1v) is 11.4. The molecule has 180 valence electrons. The fourth-order valence-corrected chi connectivity index (χ4v) is 4.10. The molecule has 1 N–H and O–H groups in total. The van der Waals surface area contributed by atoms with Crippen molar-refractivity contribution in [1.29, 1.82) is 0 Å². The molecule has 10 heteroatoms. The van der Waals surface area contributed by atoms with E-state index in [4.69, 9.17) is 21.1 Å². The minimum atomic E-state index is -4.48. The second-order valence-corrected chi connectivity index (χ2v) is 8.82. The molecule has 0 saturated carbocycles. The first kappa shape index (κ1) is 24.7. The molecule has 1 fully saturated rings. The van der Waals surface area contributed by atoms with Gasteiger partial charge in [-0.1, -0.05) is 35.9 Å². The number of nitrogens with one attached hydrogen (secondary N) is 1. The van der Waals surface area contributed by atoms with E-state index in [-0.39, 0.29) is 10.9 Å². The molecule has 1 saturated heterocycles. The summed E-state index contributed by atoms with van der Waals surface area (Å²) in [6.07, 6.45) is -2.84. The number of halogens is 4. The van der Waals surface area contributed by atoms with E-state index in [1.165, 1.54) is 19.2 Å². The molecule has 3 aromatic rings. The van der Waals surface area contributed by atoms with Crippen molar-refractivity contribution in [1.82, 2.24) is 5.32 Å². The van der Waals surface area contributed by atoms with Crippen LogP contribution in [-0.2, 0) is 17.6 Å². The maximum atomic E-state index is 12.9. The molecule has 35 heavy (non-hydrogen) atoms. The molecule has 5 nitrogen and oxygen atoms in total. The average Bonchev–Trinajstić information content (AvgIpc) is 3.17. The van der Waals surface area contributed by atoms with Gasteiger partial charge in [0, 0.05) is 5.02 Å². The van der Waals surface area contributed by atoms with Gasteiger partial charge < -0.3 is 14.8 Å². The van der Waals surface area contributed by atoms with Gasteiger partial charge in [0.25, 0.3) is 5.91 Å². The SMILES string of the molecule is COc1cc(/C=C2\SC(=Nc3cccc(C(F)(F)F)c3)NC2=O)ccc1OCc1ccc(Cl)cc1. The minimum absolute atomic E-state index is 0.0905. The lowest BCUT2D eigenvalue weighted by Crippen LogP contribution is -2.19. The number of methoxy groups -OCH3 is 1. The molecular weight excluding hydrogens is 501 g/mol. The number of rotatable bonds is 6. The van der Waals surface area contributed by atoms with Crippen LogP contribution in [0.1, 0.15) is 16.7 Å². The maximum Gasteiger partial charge on any atom is 0.416 e. The van der Waals surface area contributed by atoms with E-state index in [0.717, 1.165) is 29.5 Å². The predicted molar refractivity (Wildman–Crippen MR) is 131 cm³/mol. The van der Waals surface area contributed by atoms with Crippen LogP contribution in [0.2, 0.25) is 5.02 Å². The number of thioether (sulfide) groups is 1. The Morgan fingerprint density at radius 1 is 1.06 bits per heavy atom. The van der Waals surface area contributed by atoms with Gasteiger partial charge in [-0.05, 0) is 71.4 Å². The molecule has 3 aromatic carbocycles. The summed E-state index contributed by atoms with van der Waals surface area (Å²) in [5.74, 6) is 0.609. The zero-order valence-corrected chi connectivity index (χ0v) is 19.8. The number of nitrogens with zero attached hydrogens (tertiary/aromatic N) is 1. The molecule has 0 bridgehead atoms. The predicted octanol–water partition coefficient (Wildman–Crippen LogP) is 6.84. The summed E-state index contributed by atoms with van der Waals surface area (Å²) in [5, 5.41) is 3.40. The molecule has 0 aliphatic carbocycles. The van der Waals surface area contributed by atoms with Crippen LogP contribution in [0.5, 0.6) is 11.5 Å². The van der Waals surface area contributed by atoms with Crippen molar-refractivity contribution < 1.29 is 27.4 Å². The summed E-state index contributed by atoms with van der Waals surface area (Å²) in [5.41, 5.74) is 0.899. The van der Waals surface area contributed by atoms with Gasteiger partial charge in [0.05, 0.1) is 23.3 Å². The van der Waals surface area contributed by atoms with Crippen LogP contribution in [0.15, 0.2) is 76.6 Å². The lowest BCUT2D eigenvalue weighted by molar-refractivity contribution is -0.137. The van der Waals surface area contributed by atoms with Gasteiger partial charge in [-0.3, -0.25) is 4.79 Å². The standard InChI is InChI=1S/C25H18ClF3N2O3S/c1-33-21-11-16(7-10-20(21)34-14-15-5-8-18(26)9-6-15)12-22-23(32)31-24(35-22)30-19-4-2-3-17(13-19)25(27,28)29/h2-13H,14H2,1H3,(H,30,31,32)/b22-12-. The Labute approximate surface area is 208 Å². The van der Waals surface area contributed by atoms with E-state index >= 15 is 0 Å². The van der Waals surface area contributed by atoms with Crippen LogP contribution in [0.3, 0.4) is 0 Å². The Balaban J connectivity index is 1.48. The van der Waals surface area contributed by atoms with Gasteiger partial charge in [-0.15, -0.1) is 0 Å². The number of hydrogen-bond donors (Lipinski definition) is 1. The maximum absolute atomic E-state index is 12.9. The normalized spacial score (nSPS) is 16.0. The quantitative estimate of drug-likeness (QED) is 0.363. The third-order valence-electron chi connectivity index (χ3n) is 4.85. The molecule has 0 unspecified atom stereocenters. The Bertz CT molecular complexity index is 1310. The number of aliphatic imine (C=N–C) groups is 1. The van der Waals surface area contributed by atoms with Gasteiger partial charge in [-0.2, -0.15) is 13.2 Å². The summed E-state index contributed by atoms with van der Waals surface area (Å²) in [6.45, 7) is 0.321. The lowest BCUT2D eigenvalue weighted by atomic mass is 10.2. The highest BCUT2D eigenvalue weighted by molar-refractivity contribution is 8.18. The van der Waals surface area contributed by atoms with Gasteiger partial charge in [-0.25, -0.2) is 4.99 Å². The second kappa shape index (κ2) is 10.5. The van der Waals surface area contributed by atoms with Crippen LogP contribution in [0.25, 0.3) is 6.08 Å². The highest BCUT2D eigenvalue weighted by Gasteiger charge is 2.30. The molecule has 0 spiro atoms. The summed E-state index contributed by atoms with van der Waals surface area (Å²) in [7, 11) is 1.51. The highest BCUT2D eigenvalue weighted by Crippen LogP contribution is 2.34. The zero-order chi connectivity index (χ0) is 25.0. The summed E-state index contributed by atoms with van der Waals surface area (Å²) < 4.78 is 50.1. The van der Waals surface area contributed by atoms with Gasteiger partial charge in [0.2, 0.25) is 0 Å². The Morgan fingerprint density at radius 2 is 1.83 bits per heavy atom. The monoisotopic (exact) mass is 518 g/mol. The van der Waals surface area contributed by atoms with E-state index in [1.54, 1.807) is 36.4 Å². The fraction of sp³-hybridized carbons (Fsp3) is 0.120. The zero-order valence-electron chi connectivity index (χ0n) is 18.2. The van der Waals surface area contributed by atoms with E-state index in [1.807, 2.05) is 12.1 Å². The Hall–Kier alpha value is -3.43. The molecule has 1 heterocycles. The van der Waals surface area contributed by atoms with Crippen molar-refractivity contribution in [2.45, 2.75) is 12.8 Å². The van der Waals surface area contributed by atoms with Crippen molar-refractivity contribution >= 4 is 46.2 Å². The summed E-state index contributed by atoms with van der Waals surface area (Å²) in [4.78, 5) is 16.9. The molecule has 1 amide bonds. The number of benzene rings is 3. The first-order valence-electron chi connectivity index (χ1n) is 10.2. The smallest absolute Gasteiger partial charge is 0.416 e. The molecule has 0 radical (unpaired) electrons. The number of carbonyl (C=O) groups is 1. The van der Waals surface area contributed by atoms with Crippen LogP contribution in [0, 0.1) is 0 Å². The number of hydrogen-bond acceptors (Lipinski definition) is 5. The number of amides is 1. The topological polar surface area (TPSA) is 59.9 Å². The van der Waals surface area contributed by atoms with Crippen LogP contribution in [-0.4, -0.2) is 18.2 Å². The summed E-state index contributed by atoms with van der Waals surface area (Å²) >= 11 is 6.94. The Morgan fingerprint density at radius 3 is 2.54 bits per heavy atom. The number of alkyl halides is 3. The van der Waals surface area contributed by atoms with E-state index < -0.39 is 17.6 Å². The van der Waals surface area contributed by atoms with Gasteiger partial charge >= 0.3 is 6.18 Å². The van der Waals surface area contributed by atoms with Crippen molar-refractivity contribution in [2.75, 3.05) is 7.11 Å². The Kier molecular flexibility index (Phi) is 7.37. The molecule has 0 atom stereocenters. The van der Waals surface area contributed by atoms with Crippen molar-refractivity contribution in [3.05, 3.63) is 93.3 Å². The average molecular weight is 519 g/mol. The number of ether oxygens (including phenoxy) is 2. The van der Waals surface area contributed by atoms with E-state index in [2.05, 4.69) is 10.3 Å². The third kappa shape index (κ3) is 6.37. The lowest BCUT2D eigenvalue weighted by Gasteiger charge is -2.11. The fourth-order valence-electron chi connectivity index (χ4n) is 3.14. The minimum Gasteiger partial charge on any atom is -0.493 e. The third-order valence-corrected chi connectivity index (χ3v) is 6.01. The summed E-state index contributed by atoms with van der Waals surface area (Å²) in [6, 6.07) is 17.1. The van der Waals surface area contributed by atoms with E-state index in [0.29, 0.717) is 33.6 Å². The van der Waals surface area contributed by atoms with Crippen molar-refractivity contribution in [3.63, 3.8) is 0 Å². The van der Waals surface area contributed by atoms with Gasteiger partial charge in [0.1, 0.15) is 6.61 Å². The van der Waals surface area contributed by atoms with Crippen molar-refractivity contribution in [3.8, 4) is 11.5 Å². The highest BCUT2D eigenvalue weighted by atomic mass is 35.5. The van der Waals surface area contributed by atoms with Crippen LogP contribution >= 0.6 is 23.4 Å². The van der Waals surface area contributed by atoms with Crippen LogP contribution in [0.4, 0.5) is 18.9 Å². The molecule has 4 rings (SSSR count). The molecular formula is C25H18ClF3N2O3S. The largest absolute Gasteiger partial charge is 0.493 e. The number of amidine groups is 1. The van der Waals surface area contributed by atoms with Gasteiger partial charge in [0.15, 0.2) is 16.7 Å². The first-order chi connectivity index (χ1) is 16.7. The van der Waals surface area contributed by atoms with Crippen molar-refractivity contribution in [2.24, 2.45) is 4.99 Å². The molecule has 1 aliphatic rings. The van der Waals surface area contributed by atoms with Crippen LogP contribution < -0.4 is 14.8 Å². The number of carbonyl (C=O) groups excluding carboxylic acids is 1. The van der Waals surface area contributed by atoms with E-state index in [9.17, 15) is 18.0 Å².